The van der Waals surface area contributed by atoms with Gasteiger partial charge in [0.1, 0.15) is 0 Å². The second-order valence-corrected chi connectivity index (χ2v) is 4.62. The summed E-state index contributed by atoms with van der Waals surface area (Å²) in [5.41, 5.74) is 3.22. The fraction of sp³-hybridized carbons (Fsp3) is 0.375. The molecule has 0 aromatic heterocycles. The van der Waals surface area contributed by atoms with E-state index in [-0.39, 0.29) is 0 Å². The molecule has 0 saturated heterocycles. The Hall–Kier alpha value is -2.10. The van der Waals surface area contributed by atoms with Crippen molar-refractivity contribution in [2.75, 3.05) is 26.8 Å². The molecule has 0 aromatic carbocycles. The Kier molecular flexibility index (Phi) is 6.50. The van der Waals surface area contributed by atoms with Crippen LogP contribution in [0.15, 0.2) is 58.5 Å². The SMILES string of the molecule is C=CC=C(CN1CN(CC(C=CC)=NC)C=C1C)N=C. The third-order valence-electron chi connectivity index (χ3n) is 3.10. The quantitative estimate of drug-likeness (QED) is 0.527. The van der Waals surface area contributed by atoms with Gasteiger partial charge in [-0.1, -0.05) is 18.7 Å². The van der Waals surface area contributed by atoms with E-state index in [1.165, 1.54) is 5.70 Å². The number of rotatable bonds is 7. The Bertz CT molecular complexity index is 469. The zero-order valence-corrected chi connectivity index (χ0v) is 12.7. The second-order valence-electron chi connectivity index (χ2n) is 4.62. The van der Waals surface area contributed by atoms with Crippen LogP contribution in [0.3, 0.4) is 0 Å². The highest BCUT2D eigenvalue weighted by molar-refractivity contribution is 5.96. The molecule has 0 radical (unpaired) electrons. The van der Waals surface area contributed by atoms with Crippen LogP contribution >= 0.6 is 0 Å². The first kappa shape index (κ1) is 16.0. The van der Waals surface area contributed by atoms with Crippen LogP contribution in [0.5, 0.6) is 0 Å². The lowest BCUT2D eigenvalue weighted by Gasteiger charge is -2.23. The van der Waals surface area contributed by atoms with Crippen LogP contribution < -0.4 is 0 Å². The minimum atomic E-state index is 0.747. The molecule has 0 spiro atoms. The van der Waals surface area contributed by atoms with E-state index in [0.717, 1.165) is 31.2 Å². The van der Waals surface area contributed by atoms with Gasteiger partial charge in [-0.2, -0.15) is 0 Å². The zero-order chi connectivity index (χ0) is 15.0. The highest BCUT2D eigenvalue weighted by Crippen LogP contribution is 2.17. The molecule has 0 fully saturated rings. The number of hydrogen-bond acceptors (Lipinski definition) is 4. The first-order valence-electron chi connectivity index (χ1n) is 6.68. The predicted octanol–water partition coefficient (Wildman–Crippen LogP) is 2.84. The summed E-state index contributed by atoms with van der Waals surface area (Å²) in [5.74, 6) is 0. The van der Waals surface area contributed by atoms with Crippen molar-refractivity contribution < 1.29 is 0 Å². The predicted molar refractivity (Wildman–Crippen MR) is 88.0 cm³/mol. The largest absolute Gasteiger partial charge is 0.352 e. The summed E-state index contributed by atoms with van der Waals surface area (Å²) in [6.07, 6.45) is 9.84. The van der Waals surface area contributed by atoms with Crippen molar-refractivity contribution in [3.8, 4) is 0 Å². The normalized spacial score (nSPS) is 16.9. The van der Waals surface area contributed by atoms with Crippen LogP contribution in [-0.2, 0) is 0 Å². The summed E-state index contributed by atoms with van der Waals surface area (Å²) in [4.78, 5) is 12.8. The maximum atomic E-state index is 4.29. The Morgan fingerprint density at radius 2 is 2.20 bits per heavy atom. The molecular weight excluding hydrogens is 248 g/mol. The van der Waals surface area contributed by atoms with Crippen molar-refractivity contribution in [3.05, 3.63) is 48.5 Å². The number of allylic oxidation sites excluding steroid dienone is 4. The minimum Gasteiger partial charge on any atom is -0.352 e. The highest BCUT2D eigenvalue weighted by Gasteiger charge is 2.18. The summed E-state index contributed by atoms with van der Waals surface area (Å²) in [6, 6.07) is 0. The summed E-state index contributed by atoms with van der Waals surface area (Å²) in [5, 5.41) is 0. The van der Waals surface area contributed by atoms with Crippen molar-refractivity contribution in [3.63, 3.8) is 0 Å². The smallest absolute Gasteiger partial charge is 0.0904 e. The van der Waals surface area contributed by atoms with Crippen LogP contribution in [0.25, 0.3) is 0 Å². The molecule has 4 heteroatoms. The van der Waals surface area contributed by atoms with E-state index in [2.05, 4.69) is 46.2 Å². The molecule has 0 bridgehead atoms. The molecular formula is C16H24N4. The van der Waals surface area contributed by atoms with Gasteiger partial charge in [0.2, 0.25) is 0 Å². The van der Waals surface area contributed by atoms with Gasteiger partial charge in [0.15, 0.2) is 0 Å². The Labute approximate surface area is 122 Å². The average Bonchev–Trinajstić information content (AvgIpc) is 2.77. The molecule has 0 aliphatic carbocycles. The fourth-order valence-electron chi connectivity index (χ4n) is 2.07. The lowest BCUT2D eigenvalue weighted by atomic mass is 10.3. The second kappa shape index (κ2) is 8.15. The van der Waals surface area contributed by atoms with Gasteiger partial charge in [0.25, 0.3) is 0 Å². The molecule has 108 valence electrons. The van der Waals surface area contributed by atoms with Crippen LogP contribution in [0, 0.1) is 0 Å². The standard InChI is InChI=1S/C16H24N4/c1-6-8-15(17-4)11-19-10-14(3)20(13-19)12-16(18-5)9-7-2/h6-10H,2,5,11-13H2,1,3-4H3. The van der Waals surface area contributed by atoms with Crippen LogP contribution in [0.1, 0.15) is 13.8 Å². The van der Waals surface area contributed by atoms with Crippen molar-refractivity contribution in [1.82, 2.24) is 9.80 Å². The van der Waals surface area contributed by atoms with Gasteiger partial charge in [-0.15, -0.1) is 0 Å². The van der Waals surface area contributed by atoms with Gasteiger partial charge in [-0.25, -0.2) is 0 Å². The number of aliphatic imine (C=N–C) groups is 2. The summed E-state index contributed by atoms with van der Waals surface area (Å²) in [7, 11) is 1.83. The molecule has 4 nitrogen and oxygen atoms in total. The average molecular weight is 272 g/mol. The van der Waals surface area contributed by atoms with E-state index in [9.17, 15) is 0 Å². The van der Waals surface area contributed by atoms with E-state index in [0.29, 0.717) is 0 Å². The maximum Gasteiger partial charge on any atom is 0.0904 e. The fourth-order valence-corrected chi connectivity index (χ4v) is 2.07. The molecule has 1 aliphatic heterocycles. The molecule has 20 heavy (non-hydrogen) atoms. The van der Waals surface area contributed by atoms with Gasteiger partial charge >= 0.3 is 0 Å². The lowest BCUT2D eigenvalue weighted by molar-refractivity contribution is 0.289. The number of nitrogens with zero attached hydrogens (tertiary/aromatic N) is 4. The van der Waals surface area contributed by atoms with E-state index < -0.39 is 0 Å². The molecule has 0 N–H and O–H groups in total. The first-order valence-corrected chi connectivity index (χ1v) is 6.68. The van der Waals surface area contributed by atoms with Crippen LogP contribution in [0.4, 0.5) is 0 Å². The number of hydrogen-bond donors (Lipinski definition) is 0. The van der Waals surface area contributed by atoms with E-state index in [1.807, 2.05) is 32.2 Å². The first-order chi connectivity index (χ1) is 9.64. The van der Waals surface area contributed by atoms with E-state index in [4.69, 9.17) is 0 Å². The summed E-state index contributed by atoms with van der Waals surface area (Å²) >= 11 is 0. The topological polar surface area (TPSA) is 31.2 Å². The monoisotopic (exact) mass is 272 g/mol. The van der Waals surface area contributed by atoms with Crippen LogP contribution in [-0.4, -0.2) is 49.0 Å². The maximum absolute atomic E-state index is 4.29. The van der Waals surface area contributed by atoms with Gasteiger partial charge < -0.3 is 9.80 Å². The molecule has 0 amide bonds. The van der Waals surface area contributed by atoms with Crippen molar-refractivity contribution in [1.29, 1.82) is 0 Å². The van der Waals surface area contributed by atoms with E-state index in [1.54, 1.807) is 6.08 Å². The van der Waals surface area contributed by atoms with Gasteiger partial charge in [-0.3, -0.25) is 9.98 Å². The Morgan fingerprint density at radius 1 is 1.45 bits per heavy atom. The minimum absolute atomic E-state index is 0.747. The van der Waals surface area contributed by atoms with Crippen LogP contribution in [0.2, 0.25) is 0 Å². The third kappa shape index (κ3) is 4.53. The van der Waals surface area contributed by atoms with Gasteiger partial charge in [-0.05, 0) is 32.7 Å². The highest BCUT2D eigenvalue weighted by atomic mass is 15.4. The van der Waals surface area contributed by atoms with E-state index >= 15 is 0 Å². The van der Waals surface area contributed by atoms with Gasteiger partial charge in [0.05, 0.1) is 31.2 Å². The molecule has 1 rings (SSSR count). The Morgan fingerprint density at radius 3 is 2.75 bits per heavy atom. The zero-order valence-electron chi connectivity index (χ0n) is 12.7. The summed E-state index contributed by atoms with van der Waals surface area (Å²) in [6.45, 7) is 13.8. The van der Waals surface area contributed by atoms with Crippen molar-refractivity contribution in [2.24, 2.45) is 9.98 Å². The Balaban J connectivity index is 2.66. The van der Waals surface area contributed by atoms with Gasteiger partial charge in [0, 0.05) is 18.9 Å². The lowest BCUT2D eigenvalue weighted by Crippen LogP contribution is -2.30. The summed E-state index contributed by atoms with van der Waals surface area (Å²) < 4.78 is 0. The molecule has 0 aromatic rings. The molecule has 0 saturated carbocycles. The van der Waals surface area contributed by atoms with Crippen molar-refractivity contribution >= 4 is 12.4 Å². The molecule has 0 unspecified atom stereocenters. The van der Waals surface area contributed by atoms with Crippen molar-refractivity contribution in [2.45, 2.75) is 13.8 Å². The molecule has 0 atom stereocenters. The third-order valence-corrected chi connectivity index (χ3v) is 3.10. The molecule has 1 aliphatic rings. The molecule has 1 heterocycles.